The molecule has 1 fully saturated rings. The SMILES string of the molecule is NC(=O)C1CCN(C(=O)c2cc(C(F)(F)F)cc(C(F)(F)F)c2)CC1. The number of nitrogens with two attached hydrogens (primary N) is 1. The lowest BCUT2D eigenvalue weighted by molar-refractivity contribution is -0.143. The lowest BCUT2D eigenvalue weighted by atomic mass is 9.95. The van der Waals surface area contributed by atoms with Gasteiger partial charge in [-0.1, -0.05) is 0 Å². The molecule has 0 bridgehead atoms. The van der Waals surface area contributed by atoms with Crippen molar-refractivity contribution in [1.29, 1.82) is 0 Å². The van der Waals surface area contributed by atoms with Crippen LogP contribution < -0.4 is 5.73 Å². The zero-order valence-electron chi connectivity index (χ0n) is 12.7. The quantitative estimate of drug-likeness (QED) is 0.816. The Morgan fingerprint density at radius 1 is 0.920 bits per heavy atom. The smallest absolute Gasteiger partial charge is 0.369 e. The molecule has 2 amide bonds. The molecule has 1 aromatic carbocycles. The Balaban J connectivity index is 2.32. The second kappa shape index (κ2) is 6.57. The summed E-state index contributed by atoms with van der Waals surface area (Å²) >= 11 is 0. The van der Waals surface area contributed by atoms with Crippen LogP contribution in [0.25, 0.3) is 0 Å². The molecule has 0 aliphatic carbocycles. The first-order valence-electron chi connectivity index (χ1n) is 7.27. The van der Waals surface area contributed by atoms with E-state index in [0.29, 0.717) is 12.1 Å². The Morgan fingerprint density at radius 3 is 1.72 bits per heavy atom. The standard InChI is InChI=1S/C15H14F6N2O2/c16-14(17,18)10-5-9(6-11(7-10)15(19,20)21)13(25)23-3-1-8(2-4-23)12(22)24/h5-8H,1-4H2,(H2,22,24). The van der Waals surface area contributed by atoms with Gasteiger partial charge in [0.2, 0.25) is 5.91 Å². The topological polar surface area (TPSA) is 63.4 Å². The molecule has 1 saturated heterocycles. The second-order valence-corrected chi connectivity index (χ2v) is 5.76. The minimum atomic E-state index is -5.02. The average Bonchev–Trinajstić information content (AvgIpc) is 2.52. The maximum Gasteiger partial charge on any atom is 0.416 e. The molecule has 0 aromatic heterocycles. The van der Waals surface area contributed by atoms with Crippen molar-refractivity contribution in [1.82, 2.24) is 4.90 Å². The van der Waals surface area contributed by atoms with Crippen molar-refractivity contribution in [3.8, 4) is 0 Å². The van der Waals surface area contributed by atoms with Crippen LogP contribution in [-0.2, 0) is 17.1 Å². The van der Waals surface area contributed by atoms with E-state index < -0.39 is 46.8 Å². The molecule has 1 heterocycles. The number of carbonyl (C=O) groups is 2. The van der Waals surface area contributed by atoms with E-state index in [0.717, 1.165) is 4.90 Å². The van der Waals surface area contributed by atoms with Crippen LogP contribution in [0.3, 0.4) is 0 Å². The van der Waals surface area contributed by atoms with Crippen molar-refractivity contribution in [3.05, 3.63) is 34.9 Å². The Labute approximate surface area is 138 Å². The Morgan fingerprint density at radius 2 is 1.36 bits per heavy atom. The van der Waals surface area contributed by atoms with E-state index in [1.807, 2.05) is 0 Å². The van der Waals surface area contributed by atoms with Crippen molar-refractivity contribution in [2.24, 2.45) is 11.7 Å². The van der Waals surface area contributed by atoms with Gasteiger partial charge in [-0.15, -0.1) is 0 Å². The molecular formula is C15H14F6N2O2. The van der Waals surface area contributed by atoms with Crippen molar-refractivity contribution in [3.63, 3.8) is 0 Å². The Bertz CT molecular complexity index is 643. The van der Waals surface area contributed by atoms with Gasteiger partial charge in [-0.05, 0) is 31.0 Å². The van der Waals surface area contributed by atoms with Gasteiger partial charge in [-0.3, -0.25) is 9.59 Å². The van der Waals surface area contributed by atoms with E-state index in [-0.39, 0.29) is 32.0 Å². The van der Waals surface area contributed by atoms with Gasteiger partial charge in [0, 0.05) is 24.6 Å². The molecule has 25 heavy (non-hydrogen) atoms. The van der Waals surface area contributed by atoms with Gasteiger partial charge in [0.1, 0.15) is 0 Å². The third kappa shape index (κ3) is 4.43. The molecule has 2 N–H and O–H groups in total. The number of alkyl halides is 6. The summed E-state index contributed by atoms with van der Waals surface area (Å²) < 4.78 is 77.0. The summed E-state index contributed by atoms with van der Waals surface area (Å²) in [5.41, 5.74) is 1.36. The number of likely N-dealkylation sites (tertiary alicyclic amines) is 1. The largest absolute Gasteiger partial charge is 0.416 e. The molecule has 4 nitrogen and oxygen atoms in total. The molecule has 10 heteroatoms. The molecule has 0 atom stereocenters. The predicted molar refractivity (Wildman–Crippen MR) is 74.3 cm³/mol. The summed E-state index contributed by atoms with van der Waals surface area (Å²) in [5, 5.41) is 0. The van der Waals surface area contributed by atoms with Crippen LogP contribution >= 0.6 is 0 Å². The van der Waals surface area contributed by atoms with Gasteiger partial charge in [0.15, 0.2) is 0 Å². The normalized spacial score (nSPS) is 16.8. The van der Waals surface area contributed by atoms with E-state index in [1.165, 1.54) is 0 Å². The molecule has 1 aliphatic rings. The summed E-state index contributed by atoms with van der Waals surface area (Å²) in [4.78, 5) is 24.5. The lowest BCUT2D eigenvalue weighted by Crippen LogP contribution is -2.41. The lowest BCUT2D eigenvalue weighted by Gasteiger charge is -2.31. The molecule has 0 unspecified atom stereocenters. The summed E-state index contributed by atoms with van der Waals surface area (Å²) in [6.45, 7) is 0.0636. The number of hydrogen-bond acceptors (Lipinski definition) is 2. The van der Waals surface area contributed by atoms with Gasteiger partial charge in [-0.25, -0.2) is 0 Å². The monoisotopic (exact) mass is 368 g/mol. The first kappa shape index (κ1) is 19.1. The number of piperidine rings is 1. The average molecular weight is 368 g/mol. The van der Waals surface area contributed by atoms with Gasteiger partial charge < -0.3 is 10.6 Å². The van der Waals surface area contributed by atoms with Crippen LogP contribution in [0.1, 0.15) is 34.3 Å². The van der Waals surface area contributed by atoms with Crippen molar-refractivity contribution >= 4 is 11.8 Å². The van der Waals surface area contributed by atoms with E-state index >= 15 is 0 Å². The first-order chi connectivity index (χ1) is 11.4. The van der Waals surface area contributed by atoms with Crippen LogP contribution in [0.2, 0.25) is 0 Å². The van der Waals surface area contributed by atoms with Gasteiger partial charge in [0.05, 0.1) is 11.1 Å². The Kier molecular flexibility index (Phi) is 5.01. The minimum Gasteiger partial charge on any atom is -0.369 e. The van der Waals surface area contributed by atoms with Crippen LogP contribution in [0.15, 0.2) is 18.2 Å². The molecule has 2 rings (SSSR count). The van der Waals surface area contributed by atoms with Crippen LogP contribution in [0.5, 0.6) is 0 Å². The predicted octanol–water partition coefficient (Wildman–Crippen LogP) is 3.06. The Hall–Kier alpha value is -2.26. The highest BCUT2D eigenvalue weighted by molar-refractivity contribution is 5.95. The second-order valence-electron chi connectivity index (χ2n) is 5.76. The number of halogens is 6. The number of hydrogen-bond donors (Lipinski definition) is 1. The number of primary amides is 1. The molecule has 1 aliphatic heterocycles. The number of nitrogens with zero attached hydrogens (tertiary/aromatic N) is 1. The first-order valence-corrected chi connectivity index (χ1v) is 7.27. The van der Waals surface area contributed by atoms with E-state index in [2.05, 4.69) is 0 Å². The fraction of sp³-hybridized carbons (Fsp3) is 0.467. The van der Waals surface area contributed by atoms with Crippen molar-refractivity contribution in [2.75, 3.05) is 13.1 Å². The number of carbonyl (C=O) groups excluding carboxylic acids is 2. The highest BCUT2D eigenvalue weighted by Gasteiger charge is 2.38. The zero-order chi connectivity index (χ0) is 19.0. The van der Waals surface area contributed by atoms with Crippen LogP contribution in [0, 0.1) is 5.92 Å². The number of benzene rings is 1. The maximum absolute atomic E-state index is 12.8. The molecular weight excluding hydrogens is 354 g/mol. The summed E-state index contributed by atoms with van der Waals surface area (Å²) in [6, 6.07) is 0.769. The molecule has 138 valence electrons. The summed E-state index contributed by atoms with van der Waals surface area (Å²) in [5.74, 6) is -1.96. The zero-order valence-corrected chi connectivity index (χ0v) is 12.7. The number of rotatable bonds is 2. The third-order valence-electron chi connectivity index (χ3n) is 4.02. The van der Waals surface area contributed by atoms with E-state index in [1.54, 1.807) is 0 Å². The van der Waals surface area contributed by atoms with Gasteiger partial charge >= 0.3 is 12.4 Å². The highest BCUT2D eigenvalue weighted by Crippen LogP contribution is 2.36. The van der Waals surface area contributed by atoms with Gasteiger partial charge in [0.25, 0.3) is 5.91 Å². The summed E-state index contributed by atoms with van der Waals surface area (Å²) in [7, 11) is 0. The van der Waals surface area contributed by atoms with Crippen LogP contribution in [-0.4, -0.2) is 29.8 Å². The fourth-order valence-electron chi connectivity index (χ4n) is 2.63. The molecule has 1 aromatic rings. The molecule has 0 spiro atoms. The van der Waals surface area contributed by atoms with Crippen LogP contribution in [0.4, 0.5) is 26.3 Å². The molecule has 0 radical (unpaired) electrons. The van der Waals surface area contributed by atoms with E-state index in [4.69, 9.17) is 5.73 Å². The number of amides is 2. The van der Waals surface area contributed by atoms with E-state index in [9.17, 15) is 35.9 Å². The highest BCUT2D eigenvalue weighted by atomic mass is 19.4. The third-order valence-corrected chi connectivity index (χ3v) is 4.02. The minimum absolute atomic E-state index is 0.0316. The molecule has 0 saturated carbocycles. The van der Waals surface area contributed by atoms with Gasteiger partial charge in [-0.2, -0.15) is 26.3 Å². The maximum atomic E-state index is 12.8. The van der Waals surface area contributed by atoms with Crippen molar-refractivity contribution < 1.29 is 35.9 Å². The fourth-order valence-corrected chi connectivity index (χ4v) is 2.63. The van der Waals surface area contributed by atoms with Crippen molar-refractivity contribution in [2.45, 2.75) is 25.2 Å². The summed E-state index contributed by atoms with van der Waals surface area (Å²) in [6.07, 6.45) is -9.61.